The molecule has 2 N–H and O–H groups in total. The molecule has 1 rings (SSSR count). The lowest BCUT2D eigenvalue weighted by atomic mass is 10.4. The van der Waals surface area contributed by atoms with E-state index in [1.54, 1.807) is 4.90 Å². The van der Waals surface area contributed by atoms with Gasteiger partial charge in [-0.05, 0) is 0 Å². The average Bonchev–Trinajstić information content (AvgIpc) is 2.04. The molecule has 62 valence electrons. The second-order valence-electron chi connectivity index (χ2n) is 2.47. The van der Waals surface area contributed by atoms with Gasteiger partial charge in [-0.3, -0.25) is 0 Å². The molecule has 12 heavy (non-hydrogen) atoms. The summed E-state index contributed by atoms with van der Waals surface area (Å²) in [5, 5.41) is 8.50. The first kappa shape index (κ1) is 8.27. The first-order chi connectivity index (χ1) is 5.65. The minimum absolute atomic E-state index is 0.167. The normalized spacial score (nSPS) is 9.08. The van der Waals surface area contributed by atoms with Crippen molar-refractivity contribution in [3.05, 3.63) is 11.9 Å². The number of nitriles is 1. The van der Waals surface area contributed by atoms with Crippen LogP contribution in [0.4, 0.5) is 11.6 Å². The van der Waals surface area contributed by atoms with Crippen LogP contribution in [-0.2, 0) is 0 Å². The zero-order valence-corrected chi connectivity index (χ0v) is 6.94. The fraction of sp³-hybridized carbons (Fsp3) is 0.286. The Hall–Kier alpha value is -1.83. The topological polar surface area (TPSA) is 78.8 Å². The van der Waals surface area contributed by atoms with Crippen molar-refractivity contribution in [2.75, 3.05) is 24.7 Å². The van der Waals surface area contributed by atoms with Crippen molar-refractivity contribution in [3.8, 4) is 6.07 Å². The standard InChI is InChI=1S/C7H9N5/c1-12(2)6-4-10-5(3-8)7(9)11-6/h4H,1-2H3,(H2,9,11). The molecule has 0 unspecified atom stereocenters. The highest BCUT2D eigenvalue weighted by Gasteiger charge is 2.03. The Morgan fingerprint density at radius 3 is 2.67 bits per heavy atom. The summed E-state index contributed by atoms with van der Waals surface area (Å²) < 4.78 is 0. The van der Waals surface area contributed by atoms with E-state index in [1.165, 1.54) is 6.20 Å². The zero-order valence-electron chi connectivity index (χ0n) is 6.94. The van der Waals surface area contributed by atoms with Gasteiger partial charge < -0.3 is 10.6 Å². The molecule has 0 spiro atoms. The molecule has 0 amide bonds. The summed E-state index contributed by atoms with van der Waals surface area (Å²) in [6.07, 6.45) is 1.51. The number of nitrogens with two attached hydrogens (primary N) is 1. The van der Waals surface area contributed by atoms with Gasteiger partial charge in [-0.25, -0.2) is 9.97 Å². The Kier molecular flexibility index (Phi) is 2.10. The molecule has 0 aromatic carbocycles. The molecule has 0 aliphatic heterocycles. The summed E-state index contributed by atoms with van der Waals surface area (Å²) in [5.41, 5.74) is 5.61. The predicted octanol–water partition coefficient (Wildman–Crippen LogP) is -0.00352. The van der Waals surface area contributed by atoms with E-state index in [-0.39, 0.29) is 11.5 Å². The number of nitrogen functional groups attached to an aromatic ring is 1. The largest absolute Gasteiger partial charge is 0.381 e. The quantitative estimate of drug-likeness (QED) is 0.630. The monoisotopic (exact) mass is 163 g/mol. The fourth-order valence-electron chi connectivity index (χ4n) is 0.695. The molecular weight excluding hydrogens is 154 g/mol. The van der Waals surface area contributed by atoms with Gasteiger partial charge in [0, 0.05) is 14.1 Å². The molecule has 0 bridgehead atoms. The number of nitrogens with zero attached hydrogens (tertiary/aromatic N) is 4. The van der Waals surface area contributed by atoms with Crippen molar-refractivity contribution in [3.63, 3.8) is 0 Å². The first-order valence-electron chi connectivity index (χ1n) is 3.35. The highest BCUT2D eigenvalue weighted by molar-refractivity contribution is 5.48. The highest BCUT2D eigenvalue weighted by Crippen LogP contribution is 2.10. The maximum atomic E-state index is 8.50. The number of aromatic nitrogens is 2. The Labute approximate surface area is 70.5 Å². The van der Waals surface area contributed by atoms with Gasteiger partial charge in [0.15, 0.2) is 11.5 Å². The Balaban J connectivity index is 3.12. The lowest BCUT2D eigenvalue weighted by Crippen LogP contribution is -2.12. The molecule has 5 nitrogen and oxygen atoms in total. The van der Waals surface area contributed by atoms with Gasteiger partial charge in [0.05, 0.1) is 6.20 Å². The van der Waals surface area contributed by atoms with Gasteiger partial charge in [0.2, 0.25) is 0 Å². The lowest BCUT2D eigenvalue weighted by Gasteiger charge is -2.10. The minimum atomic E-state index is 0.167. The maximum absolute atomic E-state index is 8.50. The Bertz CT molecular complexity index is 325. The number of hydrogen-bond donors (Lipinski definition) is 1. The second-order valence-corrected chi connectivity index (χ2v) is 2.47. The van der Waals surface area contributed by atoms with E-state index in [4.69, 9.17) is 11.0 Å². The number of rotatable bonds is 1. The van der Waals surface area contributed by atoms with Crippen LogP contribution in [0.15, 0.2) is 6.20 Å². The average molecular weight is 163 g/mol. The van der Waals surface area contributed by atoms with E-state index in [9.17, 15) is 0 Å². The summed E-state index contributed by atoms with van der Waals surface area (Å²) in [6, 6.07) is 1.84. The Morgan fingerprint density at radius 2 is 2.25 bits per heavy atom. The molecule has 1 heterocycles. The molecule has 1 aromatic heterocycles. The van der Waals surface area contributed by atoms with E-state index < -0.39 is 0 Å². The molecule has 1 aromatic rings. The van der Waals surface area contributed by atoms with Gasteiger partial charge >= 0.3 is 0 Å². The van der Waals surface area contributed by atoms with Crippen molar-refractivity contribution in [2.45, 2.75) is 0 Å². The lowest BCUT2D eigenvalue weighted by molar-refractivity contribution is 1.04. The second kappa shape index (κ2) is 3.05. The maximum Gasteiger partial charge on any atom is 0.182 e. The van der Waals surface area contributed by atoms with E-state index in [0.29, 0.717) is 5.82 Å². The molecular formula is C7H9N5. The van der Waals surface area contributed by atoms with E-state index in [1.807, 2.05) is 20.2 Å². The molecule has 0 fully saturated rings. The third-order valence-electron chi connectivity index (χ3n) is 1.35. The first-order valence-corrected chi connectivity index (χ1v) is 3.35. The van der Waals surface area contributed by atoms with Crippen molar-refractivity contribution >= 4 is 11.6 Å². The fourth-order valence-corrected chi connectivity index (χ4v) is 0.695. The van der Waals surface area contributed by atoms with Crippen LogP contribution < -0.4 is 10.6 Å². The SMILES string of the molecule is CN(C)c1cnc(C#N)c(N)n1. The minimum Gasteiger partial charge on any atom is -0.381 e. The van der Waals surface area contributed by atoms with Crippen LogP contribution in [0.5, 0.6) is 0 Å². The van der Waals surface area contributed by atoms with Crippen LogP contribution in [0.3, 0.4) is 0 Å². The van der Waals surface area contributed by atoms with Gasteiger partial charge in [0.1, 0.15) is 11.9 Å². The molecule has 5 heteroatoms. The van der Waals surface area contributed by atoms with E-state index in [0.717, 1.165) is 0 Å². The van der Waals surface area contributed by atoms with Crippen LogP contribution in [0, 0.1) is 11.3 Å². The molecule has 0 saturated heterocycles. The van der Waals surface area contributed by atoms with E-state index >= 15 is 0 Å². The van der Waals surface area contributed by atoms with Crippen molar-refractivity contribution in [1.29, 1.82) is 5.26 Å². The predicted molar refractivity (Wildman–Crippen MR) is 45.5 cm³/mol. The smallest absolute Gasteiger partial charge is 0.182 e. The third kappa shape index (κ3) is 1.42. The van der Waals surface area contributed by atoms with E-state index in [2.05, 4.69) is 9.97 Å². The third-order valence-corrected chi connectivity index (χ3v) is 1.35. The summed E-state index contributed by atoms with van der Waals surface area (Å²) >= 11 is 0. The molecule has 0 aliphatic rings. The van der Waals surface area contributed by atoms with Crippen molar-refractivity contribution in [1.82, 2.24) is 9.97 Å². The van der Waals surface area contributed by atoms with Crippen LogP contribution in [0.2, 0.25) is 0 Å². The summed E-state index contributed by atoms with van der Waals surface area (Å²) in [5.74, 6) is 0.815. The van der Waals surface area contributed by atoms with Gasteiger partial charge in [-0.1, -0.05) is 0 Å². The summed E-state index contributed by atoms with van der Waals surface area (Å²) in [4.78, 5) is 9.56. The van der Waals surface area contributed by atoms with Gasteiger partial charge in [0.25, 0.3) is 0 Å². The molecule has 0 radical (unpaired) electrons. The van der Waals surface area contributed by atoms with Crippen molar-refractivity contribution < 1.29 is 0 Å². The van der Waals surface area contributed by atoms with Crippen LogP contribution in [0.25, 0.3) is 0 Å². The highest BCUT2D eigenvalue weighted by atomic mass is 15.2. The molecule has 0 atom stereocenters. The van der Waals surface area contributed by atoms with Gasteiger partial charge in [-0.2, -0.15) is 5.26 Å². The molecule has 0 saturated carbocycles. The molecule has 0 aliphatic carbocycles. The Morgan fingerprint density at radius 1 is 1.58 bits per heavy atom. The summed E-state index contributed by atoms with van der Waals surface area (Å²) in [7, 11) is 3.66. The zero-order chi connectivity index (χ0) is 9.14. The van der Waals surface area contributed by atoms with Crippen molar-refractivity contribution in [2.24, 2.45) is 0 Å². The summed E-state index contributed by atoms with van der Waals surface area (Å²) in [6.45, 7) is 0. The van der Waals surface area contributed by atoms with Crippen LogP contribution >= 0.6 is 0 Å². The van der Waals surface area contributed by atoms with Crippen LogP contribution in [-0.4, -0.2) is 24.1 Å². The number of hydrogen-bond acceptors (Lipinski definition) is 5. The number of anilines is 2. The van der Waals surface area contributed by atoms with Gasteiger partial charge in [-0.15, -0.1) is 0 Å². The van der Waals surface area contributed by atoms with Crippen LogP contribution in [0.1, 0.15) is 5.69 Å².